The van der Waals surface area contributed by atoms with E-state index in [-0.39, 0.29) is 6.03 Å². The molecular formula is C21H23N3O2S. The number of amides is 2. The number of hydrogen-bond acceptors (Lipinski definition) is 4. The molecule has 5 nitrogen and oxygen atoms in total. The molecule has 1 aromatic carbocycles. The molecule has 0 atom stereocenters. The average molecular weight is 382 g/mol. The molecular weight excluding hydrogens is 358 g/mol. The molecule has 3 aromatic rings. The highest BCUT2D eigenvalue weighted by molar-refractivity contribution is 7.09. The SMILES string of the molecule is COc1ccc(CNC(=O)N(CCc2cccs2)Cc2cccnc2)cc1. The van der Waals surface area contributed by atoms with Crippen LogP contribution in [0.15, 0.2) is 66.3 Å². The van der Waals surface area contributed by atoms with E-state index in [1.54, 1.807) is 30.8 Å². The van der Waals surface area contributed by atoms with Crippen molar-refractivity contribution in [3.8, 4) is 5.75 Å². The maximum atomic E-state index is 12.8. The Hall–Kier alpha value is -2.86. The summed E-state index contributed by atoms with van der Waals surface area (Å²) in [6.07, 6.45) is 4.38. The van der Waals surface area contributed by atoms with Gasteiger partial charge in [0.2, 0.25) is 0 Å². The van der Waals surface area contributed by atoms with Crippen LogP contribution in [0.25, 0.3) is 0 Å². The quantitative estimate of drug-likeness (QED) is 0.639. The largest absolute Gasteiger partial charge is 0.497 e. The number of pyridine rings is 1. The van der Waals surface area contributed by atoms with Crippen LogP contribution in [0.4, 0.5) is 4.79 Å². The summed E-state index contributed by atoms with van der Waals surface area (Å²) >= 11 is 1.71. The molecule has 0 aliphatic heterocycles. The lowest BCUT2D eigenvalue weighted by atomic mass is 10.2. The first-order chi connectivity index (χ1) is 13.2. The first-order valence-electron chi connectivity index (χ1n) is 8.81. The second kappa shape index (κ2) is 9.73. The molecule has 0 spiro atoms. The van der Waals surface area contributed by atoms with Gasteiger partial charge in [-0.25, -0.2) is 4.79 Å². The van der Waals surface area contributed by atoms with Crippen LogP contribution in [0.5, 0.6) is 5.75 Å². The van der Waals surface area contributed by atoms with Crippen molar-refractivity contribution in [2.75, 3.05) is 13.7 Å². The molecule has 140 valence electrons. The Labute approximate surface area is 163 Å². The number of nitrogens with one attached hydrogen (secondary N) is 1. The lowest BCUT2D eigenvalue weighted by Gasteiger charge is -2.23. The summed E-state index contributed by atoms with van der Waals surface area (Å²) in [7, 11) is 1.64. The Morgan fingerprint density at radius 1 is 1.15 bits per heavy atom. The Bertz CT molecular complexity index is 820. The van der Waals surface area contributed by atoms with Crippen LogP contribution in [0, 0.1) is 0 Å². The summed E-state index contributed by atoms with van der Waals surface area (Å²) in [4.78, 5) is 20.0. The number of methoxy groups -OCH3 is 1. The number of hydrogen-bond donors (Lipinski definition) is 1. The van der Waals surface area contributed by atoms with Gasteiger partial charge in [-0.15, -0.1) is 11.3 Å². The monoisotopic (exact) mass is 381 g/mol. The van der Waals surface area contributed by atoms with Crippen molar-refractivity contribution >= 4 is 17.4 Å². The third kappa shape index (κ3) is 5.82. The van der Waals surface area contributed by atoms with Crippen LogP contribution in [0.1, 0.15) is 16.0 Å². The predicted molar refractivity (Wildman–Crippen MR) is 108 cm³/mol. The fraction of sp³-hybridized carbons (Fsp3) is 0.238. The minimum atomic E-state index is -0.0776. The molecule has 0 bridgehead atoms. The number of aromatic nitrogens is 1. The molecule has 2 heterocycles. The molecule has 6 heteroatoms. The number of carbonyl (C=O) groups is 1. The van der Waals surface area contributed by atoms with E-state index >= 15 is 0 Å². The van der Waals surface area contributed by atoms with E-state index in [1.165, 1.54) is 4.88 Å². The summed E-state index contributed by atoms with van der Waals surface area (Å²) in [5, 5.41) is 5.08. The third-order valence-corrected chi connectivity index (χ3v) is 5.13. The lowest BCUT2D eigenvalue weighted by Crippen LogP contribution is -2.40. The van der Waals surface area contributed by atoms with E-state index in [9.17, 15) is 4.79 Å². The number of carbonyl (C=O) groups excluding carboxylic acids is 1. The van der Waals surface area contributed by atoms with E-state index in [0.717, 1.165) is 23.3 Å². The fourth-order valence-corrected chi connectivity index (χ4v) is 3.40. The van der Waals surface area contributed by atoms with Crippen LogP contribution in [0.3, 0.4) is 0 Å². The number of thiophene rings is 1. The van der Waals surface area contributed by atoms with E-state index in [2.05, 4.69) is 21.7 Å². The minimum absolute atomic E-state index is 0.0776. The number of ether oxygens (including phenoxy) is 1. The van der Waals surface area contributed by atoms with E-state index < -0.39 is 0 Å². The Balaban J connectivity index is 1.61. The van der Waals surface area contributed by atoms with Gasteiger partial charge in [0.05, 0.1) is 7.11 Å². The van der Waals surface area contributed by atoms with Crippen LogP contribution >= 0.6 is 11.3 Å². The third-order valence-electron chi connectivity index (χ3n) is 4.19. The number of benzene rings is 1. The van der Waals surface area contributed by atoms with Gasteiger partial charge in [0.15, 0.2) is 0 Å². The van der Waals surface area contributed by atoms with Crippen LogP contribution in [-0.4, -0.2) is 29.6 Å². The van der Waals surface area contributed by atoms with Gasteiger partial charge in [-0.1, -0.05) is 24.3 Å². The number of nitrogens with zero attached hydrogens (tertiary/aromatic N) is 2. The summed E-state index contributed by atoms with van der Waals surface area (Å²) in [6, 6.07) is 15.6. The van der Waals surface area contributed by atoms with Gasteiger partial charge in [0.25, 0.3) is 0 Å². The van der Waals surface area contributed by atoms with Gasteiger partial charge in [-0.05, 0) is 47.2 Å². The molecule has 0 aliphatic carbocycles. The molecule has 0 saturated heterocycles. The van der Waals surface area contributed by atoms with Gasteiger partial charge in [-0.2, -0.15) is 0 Å². The topological polar surface area (TPSA) is 54.5 Å². The molecule has 0 saturated carbocycles. The van der Waals surface area contributed by atoms with Crippen molar-refractivity contribution in [3.05, 3.63) is 82.3 Å². The van der Waals surface area contributed by atoms with Crippen LogP contribution < -0.4 is 10.1 Å². The summed E-state index contributed by atoms with van der Waals surface area (Å²) in [5.74, 6) is 0.805. The molecule has 0 fully saturated rings. The zero-order valence-corrected chi connectivity index (χ0v) is 16.1. The fourth-order valence-electron chi connectivity index (χ4n) is 2.70. The zero-order chi connectivity index (χ0) is 18.9. The predicted octanol–water partition coefficient (Wildman–Crippen LogP) is 4.11. The average Bonchev–Trinajstić information content (AvgIpc) is 3.24. The standard InChI is InChI=1S/C21H23N3O2S/c1-26-19-8-6-17(7-9-19)15-23-21(25)24(12-10-20-5-3-13-27-20)16-18-4-2-11-22-14-18/h2-9,11,13-14H,10,12,15-16H2,1H3,(H,23,25). The van der Waals surface area contributed by atoms with Gasteiger partial charge in [-0.3, -0.25) is 4.98 Å². The second-order valence-electron chi connectivity index (χ2n) is 6.12. The molecule has 3 rings (SSSR count). The highest BCUT2D eigenvalue weighted by atomic mass is 32.1. The van der Waals surface area contributed by atoms with Crippen molar-refractivity contribution in [2.45, 2.75) is 19.5 Å². The Morgan fingerprint density at radius 2 is 2.00 bits per heavy atom. The highest BCUT2D eigenvalue weighted by Crippen LogP contribution is 2.13. The van der Waals surface area contributed by atoms with Crippen molar-refractivity contribution in [1.29, 1.82) is 0 Å². The smallest absolute Gasteiger partial charge is 0.317 e. The molecule has 0 radical (unpaired) electrons. The first kappa shape index (κ1) is 18.9. The molecule has 1 N–H and O–H groups in total. The summed E-state index contributed by atoms with van der Waals surface area (Å²) in [5.41, 5.74) is 2.05. The molecule has 0 unspecified atom stereocenters. The van der Waals surface area contributed by atoms with Crippen molar-refractivity contribution in [3.63, 3.8) is 0 Å². The van der Waals surface area contributed by atoms with Crippen molar-refractivity contribution in [1.82, 2.24) is 15.2 Å². The van der Waals surface area contributed by atoms with Gasteiger partial charge in [0.1, 0.15) is 5.75 Å². The van der Waals surface area contributed by atoms with Gasteiger partial charge >= 0.3 is 6.03 Å². The second-order valence-corrected chi connectivity index (χ2v) is 7.15. The van der Waals surface area contributed by atoms with E-state index in [0.29, 0.717) is 19.6 Å². The maximum absolute atomic E-state index is 12.8. The molecule has 2 aromatic heterocycles. The zero-order valence-electron chi connectivity index (χ0n) is 15.3. The lowest BCUT2D eigenvalue weighted by molar-refractivity contribution is 0.195. The summed E-state index contributed by atoms with van der Waals surface area (Å²) < 4.78 is 5.17. The number of rotatable bonds is 8. The maximum Gasteiger partial charge on any atom is 0.317 e. The van der Waals surface area contributed by atoms with Crippen molar-refractivity contribution in [2.24, 2.45) is 0 Å². The summed E-state index contributed by atoms with van der Waals surface area (Å²) in [6.45, 7) is 1.67. The van der Waals surface area contributed by atoms with Gasteiger partial charge < -0.3 is 15.0 Å². The Kier molecular flexibility index (Phi) is 6.82. The molecule has 27 heavy (non-hydrogen) atoms. The molecule has 2 amide bonds. The molecule has 0 aliphatic rings. The van der Waals surface area contributed by atoms with Crippen molar-refractivity contribution < 1.29 is 9.53 Å². The number of urea groups is 1. The Morgan fingerprint density at radius 3 is 2.67 bits per heavy atom. The first-order valence-corrected chi connectivity index (χ1v) is 9.69. The van der Waals surface area contributed by atoms with E-state index in [4.69, 9.17) is 4.74 Å². The van der Waals surface area contributed by atoms with E-state index in [1.807, 2.05) is 47.4 Å². The van der Waals surface area contributed by atoms with Gasteiger partial charge in [0, 0.05) is 36.9 Å². The minimum Gasteiger partial charge on any atom is -0.497 e. The normalized spacial score (nSPS) is 10.4. The van der Waals surface area contributed by atoms with Crippen LogP contribution in [0.2, 0.25) is 0 Å². The van der Waals surface area contributed by atoms with Crippen LogP contribution in [-0.2, 0) is 19.5 Å². The highest BCUT2D eigenvalue weighted by Gasteiger charge is 2.14.